The second-order valence-electron chi connectivity index (χ2n) is 8.09. The number of hydrogen-bond acceptors (Lipinski definition) is 4. The van der Waals surface area contributed by atoms with E-state index in [-0.39, 0.29) is 24.3 Å². The first-order valence-electron chi connectivity index (χ1n) is 10.3. The first-order chi connectivity index (χ1) is 13.0. The van der Waals surface area contributed by atoms with E-state index in [2.05, 4.69) is 34.7 Å². The van der Waals surface area contributed by atoms with E-state index in [9.17, 15) is 9.59 Å². The van der Waals surface area contributed by atoms with Crippen molar-refractivity contribution in [3.8, 4) is 0 Å². The second-order valence-corrected chi connectivity index (χ2v) is 8.09. The molecule has 0 N–H and O–H groups in total. The number of nitrogens with zero attached hydrogens (tertiary/aromatic N) is 5. The maximum atomic E-state index is 12.8. The normalized spacial score (nSPS) is 21.1. The number of carbonyl (C=O) groups is 2. The zero-order valence-electron chi connectivity index (χ0n) is 16.8. The van der Waals surface area contributed by atoms with Crippen LogP contribution in [-0.4, -0.2) is 82.9 Å². The van der Waals surface area contributed by atoms with Crippen LogP contribution in [0.3, 0.4) is 0 Å². The van der Waals surface area contributed by atoms with Gasteiger partial charge in [-0.1, -0.05) is 0 Å². The van der Waals surface area contributed by atoms with E-state index in [4.69, 9.17) is 0 Å². The summed E-state index contributed by atoms with van der Waals surface area (Å²) in [7, 11) is 4.18. The molecule has 2 fully saturated rings. The molecule has 2 amide bonds. The molecule has 0 bridgehead atoms. The Bertz CT molecular complexity index is 642. The lowest BCUT2D eigenvalue weighted by atomic mass is 9.97. The monoisotopic (exact) mass is 375 g/mol. The lowest BCUT2D eigenvalue weighted by Gasteiger charge is -2.35. The third-order valence-corrected chi connectivity index (χ3v) is 5.64. The van der Waals surface area contributed by atoms with Gasteiger partial charge in [0.1, 0.15) is 5.82 Å². The van der Waals surface area contributed by atoms with Crippen molar-refractivity contribution >= 4 is 11.8 Å². The van der Waals surface area contributed by atoms with E-state index in [1.54, 1.807) is 4.90 Å². The Labute approximate surface area is 162 Å². The maximum absolute atomic E-state index is 12.8. The molecule has 0 radical (unpaired) electrons. The van der Waals surface area contributed by atoms with Gasteiger partial charge in [0, 0.05) is 50.9 Å². The quantitative estimate of drug-likeness (QED) is 0.726. The van der Waals surface area contributed by atoms with Gasteiger partial charge >= 0.3 is 0 Å². The Morgan fingerprint density at radius 2 is 2.11 bits per heavy atom. The number of carbonyl (C=O) groups excluding carboxylic acids is 2. The fraction of sp³-hybridized carbons (Fsp3) is 0.750. The summed E-state index contributed by atoms with van der Waals surface area (Å²) in [6, 6.07) is 0. The summed E-state index contributed by atoms with van der Waals surface area (Å²) in [6.45, 7) is 4.47. The van der Waals surface area contributed by atoms with Crippen molar-refractivity contribution in [2.75, 3.05) is 46.8 Å². The summed E-state index contributed by atoms with van der Waals surface area (Å²) in [5, 5.41) is 0. The molecule has 0 aliphatic carbocycles. The van der Waals surface area contributed by atoms with Gasteiger partial charge in [0.15, 0.2) is 0 Å². The van der Waals surface area contributed by atoms with E-state index in [1.807, 2.05) is 11.1 Å². The molecule has 1 aromatic rings. The molecule has 3 rings (SSSR count). The Morgan fingerprint density at radius 3 is 2.89 bits per heavy atom. The summed E-state index contributed by atoms with van der Waals surface area (Å²) < 4.78 is 2.25. The SMILES string of the molecule is CN(C)CCCn1ccnc1C1CCCN(C(=O)CN2CCCCC2=O)C1. The van der Waals surface area contributed by atoms with Gasteiger partial charge in [-0.05, 0) is 52.7 Å². The lowest BCUT2D eigenvalue weighted by Crippen LogP contribution is -2.47. The van der Waals surface area contributed by atoms with E-state index >= 15 is 0 Å². The summed E-state index contributed by atoms with van der Waals surface area (Å²) >= 11 is 0. The summed E-state index contributed by atoms with van der Waals surface area (Å²) in [5.41, 5.74) is 0. The number of piperidine rings is 2. The highest BCUT2D eigenvalue weighted by atomic mass is 16.2. The van der Waals surface area contributed by atoms with Crippen LogP contribution >= 0.6 is 0 Å². The summed E-state index contributed by atoms with van der Waals surface area (Å²) in [5.74, 6) is 1.59. The lowest BCUT2D eigenvalue weighted by molar-refractivity contribution is -0.142. The van der Waals surface area contributed by atoms with Crippen molar-refractivity contribution in [2.45, 2.75) is 51.0 Å². The predicted molar refractivity (Wildman–Crippen MR) is 104 cm³/mol. The Morgan fingerprint density at radius 1 is 1.26 bits per heavy atom. The molecule has 0 saturated carbocycles. The average molecular weight is 376 g/mol. The zero-order valence-corrected chi connectivity index (χ0v) is 16.8. The maximum Gasteiger partial charge on any atom is 0.242 e. The molecule has 150 valence electrons. The number of aryl methyl sites for hydroxylation is 1. The van der Waals surface area contributed by atoms with Crippen LogP contribution in [0.4, 0.5) is 0 Å². The second kappa shape index (κ2) is 9.35. The van der Waals surface area contributed by atoms with Gasteiger partial charge in [-0.2, -0.15) is 0 Å². The first-order valence-corrected chi connectivity index (χ1v) is 10.3. The smallest absolute Gasteiger partial charge is 0.242 e. The highest BCUT2D eigenvalue weighted by Gasteiger charge is 2.29. The van der Waals surface area contributed by atoms with Gasteiger partial charge in [-0.15, -0.1) is 0 Å². The number of rotatable bonds is 7. The Hall–Kier alpha value is -1.89. The van der Waals surface area contributed by atoms with Gasteiger partial charge in [0.25, 0.3) is 0 Å². The molecular formula is C20H33N5O2. The van der Waals surface area contributed by atoms with E-state index in [0.717, 1.165) is 64.1 Å². The number of aromatic nitrogens is 2. The summed E-state index contributed by atoms with van der Waals surface area (Å²) in [4.78, 5) is 35.2. The highest BCUT2D eigenvalue weighted by molar-refractivity contribution is 5.85. The Balaban J connectivity index is 1.57. The number of amides is 2. The molecule has 7 heteroatoms. The number of hydrogen-bond donors (Lipinski definition) is 0. The third-order valence-electron chi connectivity index (χ3n) is 5.64. The molecular weight excluding hydrogens is 342 g/mol. The van der Waals surface area contributed by atoms with E-state index < -0.39 is 0 Å². The van der Waals surface area contributed by atoms with Crippen molar-refractivity contribution in [2.24, 2.45) is 0 Å². The van der Waals surface area contributed by atoms with Crippen molar-refractivity contribution in [3.63, 3.8) is 0 Å². The molecule has 0 spiro atoms. The third kappa shape index (κ3) is 5.31. The molecule has 7 nitrogen and oxygen atoms in total. The molecule has 1 unspecified atom stereocenters. The van der Waals surface area contributed by atoms with Gasteiger partial charge in [0.2, 0.25) is 11.8 Å². The molecule has 3 heterocycles. The van der Waals surface area contributed by atoms with Crippen LogP contribution < -0.4 is 0 Å². The van der Waals surface area contributed by atoms with Gasteiger partial charge < -0.3 is 19.3 Å². The minimum absolute atomic E-state index is 0.0839. The fourth-order valence-electron chi connectivity index (χ4n) is 4.13. The fourth-order valence-corrected chi connectivity index (χ4v) is 4.13. The molecule has 27 heavy (non-hydrogen) atoms. The molecule has 1 atom stereocenters. The van der Waals surface area contributed by atoms with E-state index in [0.29, 0.717) is 13.0 Å². The number of imidazole rings is 1. The predicted octanol–water partition coefficient (Wildman–Crippen LogP) is 1.55. The molecule has 0 aromatic carbocycles. The topological polar surface area (TPSA) is 61.7 Å². The largest absolute Gasteiger partial charge is 0.340 e. The van der Waals surface area contributed by atoms with Crippen LogP contribution in [-0.2, 0) is 16.1 Å². The van der Waals surface area contributed by atoms with Crippen LogP contribution in [0.1, 0.15) is 50.3 Å². The van der Waals surface area contributed by atoms with Crippen molar-refractivity contribution in [3.05, 3.63) is 18.2 Å². The molecule has 1 aromatic heterocycles. The minimum Gasteiger partial charge on any atom is -0.340 e. The van der Waals surface area contributed by atoms with Crippen LogP contribution in [0.25, 0.3) is 0 Å². The van der Waals surface area contributed by atoms with E-state index in [1.165, 1.54) is 0 Å². The molecule has 2 aliphatic heterocycles. The van der Waals surface area contributed by atoms with Gasteiger partial charge in [-0.3, -0.25) is 9.59 Å². The van der Waals surface area contributed by atoms with Crippen molar-refractivity contribution < 1.29 is 9.59 Å². The molecule has 2 saturated heterocycles. The number of likely N-dealkylation sites (tertiary alicyclic amines) is 2. The summed E-state index contributed by atoms with van der Waals surface area (Å²) in [6.07, 6.45) is 9.61. The van der Waals surface area contributed by atoms with Crippen LogP contribution in [0.15, 0.2) is 12.4 Å². The van der Waals surface area contributed by atoms with Crippen LogP contribution in [0.2, 0.25) is 0 Å². The first kappa shape index (κ1) is 19.9. The highest BCUT2D eigenvalue weighted by Crippen LogP contribution is 2.26. The Kier molecular flexibility index (Phi) is 6.88. The van der Waals surface area contributed by atoms with Crippen molar-refractivity contribution in [1.82, 2.24) is 24.3 Å². The minimum atomic E-state index is 0.0839. The molecule has 2 aliphatic rings. The van der Waals surface area contributed by atoms with Crippen LogP contribution in [0, 0.1) is 0 Å². The van der Waals surface area contributed by atoms with Crippen LogP contribution in [0.5, 0.6) is 0 Å². The zero-order chi connectivity index (χ0) is 19.2. The standard InChI is InChI=1S/C20H33N5O2/c1-22(2)10-6-13-23-14-9-21-20(23)17-7-5-12-24(15-17)19(27)16-25-11-4-3-8-18(25)26/h9,14,17H,3-8,10-13,15-16H2,1-2H3. The average Bonchev–Trinajstić information content (AvgIpc) is 3.12. The van der Waals surface area contributed by atoms with Crippen molar-refractivity contribution in [1.29, 1.82) is 0 Å². The van der Waals surface area contributed by atoms with Gasteiger partial charge in [-0.25, -0.2) is 4.98 Å². The van der Waals surface area contributed by atoms with Gasteiger partial charge in [0.05, 0.1) is 6.54 Å².